The van der Waals surface area contributed by atoms with Crippen LogP contribution in [0.25, 0.3) is 0 Å². The van der Waals surface area contributed by atoms with E-state index in [1.54, 1.807) is 21.0 Å². The van der Waals surface area contributed by atoms with E-state index < -0.39 is 0 Å². The Morgan fingerprint density at radius 3 is 2.64 bits per heavy atom. The zero-order valence-corrected chi connectivity index (χ0v) is 21.4. The molecule has 1 atom stereocenters. The van der Waals surface area contributed by atoms with Crippen molar-refractivity contribution < 1.29 is 14.3 Å². The van der Waals surface area contributed by atoms with Crippen LogP contribution in [0.2, 0.25) is 0 Å². The maximum absolute atomic E-state index is 12.4. The number of ether oxygens (including phenoxy) is 1. The lowest BCUT2D eigenvalue weighted by Crippen LogP contribution is -2.21. The summed E-state index contributed by atoms with van der Waals surface area (Å²) < 4.78 is 7.91. The maximum Gasteiger partial charge on any atom is 0.265 e. The second-order valence-corrected chi connectivity index (χ2v) is 9.84. The number of nitrogens with zero attached hydrogens (tertiary/aromatic N) is 5. The van der Waals surface area contributed by atoms with Gasteiger partial charge in [-0.15, -0.1) is 10.2 Å². The van der Waals surface area contributed by atoms with Crippen LogP contribution in [-0.4, -0.2) is 56.3 Å². The van der Waals surface area contributed by atoms with E-state index in [1.807, 2.05) is 44.5 Å². The average molecular weight is 489 g/mol. The van der Waals surface area contributed by atoms with Crippen molar-refractivity contribution in [1.29, 1.82) is 0 Å². The Kier molecular flexibility index (Phi) is 7.75. The smallest absolute Gasteiger partial charge is 0.265 e. The van der Waals surface area contributed by atoms with Crippen LogP contribution in [0.15, 0.2) is 23.4 Å². The molecular formula is C22H28N6O3S2. The van der Waals surface area contributed by atoms with Crippen LogP contribution in [0.3, 0.4) is 0 Å². The normalized spacial score (nSPS) is 11.8. The number of anilines is 1. The fraction of sp³-hybridized carbons (Fsp3) is 0.409. The Labute approximate surface area is 201 Å². The van der Waals surface area contributed by atoms with Crippen molar-refractivity contribution >= 4 is 40.0 Å². The summed E-state index contributed by atoms with van der Waals surface area (Å²) in [4.78, 5) is 30.9. The summed E-state index contributed by atoms with van der Waals surface area (Å²) in [5.41, 5.74) is 2.83. The summed E-state index contributed by atoms with van der Waals surface area (Å²) >= 11 is 2.44. The number of nitrogens with one attached hydrogen (secondary N) is 1. The summed E-state index contributed by atoms with van der Waals surface area (Å²) in [6.45, 7) is 7.72. The van der Waals surface area contributed by atoms with Crippen LogP contribution in [0.5, 0.6) is 5.75 Å². The molecular weight excluding hydrogens is 460 g/mol. The maximum atomic E-state index is 12.4. The minimum Gasteiger partial charge on any atom is -0.482 e. The molecule has 11 heteroatoms. The number of aromatic nitrogens is 4. The number of aryl methyl sites for hydroxylation is 3. The van der Waals surface area contributed by atoms with Gasteiger partial charge in [-0.1, -0.05) is 40.8 Å². The Morgan fingerprint density at radius 1 is 1.24 bits per heavy atom. The quantitative estimate of drug-likeness (QED) is 0.482. The van der Waals surface area contributed by atoms with Crippen molar-refractivity contribution in [2.45, 2.75) is 39.0 Å². The molecule has 9 nitrogen and oxygen atoms in total. The second kappa shape index (κ2) is 10.3. The molecule has 0 saturated heterocycles. The third-order valence-corrected chi connectivity index (χ3v) is 6.92. The fourth-order valence-corrected chi connectivity index (χ4v) is 4.84. The number of carbonyl (C=O) groups excluding carboxylic acids is 2. The number of thioether (sulfide) groups is 1. The number of hydrogen-bond acceptors (Lipinski definition) is 8. The van der Waals surface area contributed by atoms with Gasteiger partial charge in [-0.3, -0.25) is 9.59 Å². The fourth-order valence-electron chi connectivity index (χ4n) is 3.12. The van der Waals surface area contributed by atoms with Crippen LogP contribution in [0, 0.1) is 20.8 Å². The number of amides is 2. The molecule has 3 rings (SSSR count). The molecule has 0 radical (unpaired) electrons. The molecule has 0 saturated carbocycles. The third-order valence-electron chi connectivity index (χ3n) is 4.84. The van der Waals surface area contributed by atoms with Crippen molar-refractivity contribution in [1.82, 2.24) is 24.6 Å². The Balaban J connectivity index is 1.59. The van der Waals surface area contributed by atoms with E-state index in [9.17, 15) is 9.59 Å². The lowest BCUT2D eigenvalue weighted by molar-refractivity contribution is -0.113. The van der Waals surface area contributed by atoms with Gasteiger partial charge in [0.1, 0.15) is 10.6 Å². The van der Waals surface area contributed by atoms with Gasteiger partial charge in [0, 0.05) is 21.1 Å². The van der Waals surface area contributed by atoms with Gasteiger partial charge >= 0.3 is 0 Å². The lowest BCUT2D eigenvalue weighted by atomic mass is 10.1. The Morgan fingerprint density at radius 2 is 1.97 bits per heavy atom. The van der Waals surface area contributed by atoms with Crippen molar-refractivity contribution in [2.75, 3.05) is 25.2 Å². The Bertz CT molecular complexity index is 1170. The standard InChI is InChI=1S/C22H28N6O3S2/c1-12-8-9-16(13(2)10-12)31-15(4)19-25-26-22(28(19)7)32-11-17(29)24-21-23-14(3)18(33-21)20(30)27(5)6/h8-10,15H,11H2,1-7H3,(H,23,24,29). The zero-order valence-electron chi connectivity index (χ0n) is 19.8. The van der Waals surface area contributed by atoms with Crippen LogP contribution in [0.1, 0.15) is 45.3 Å². The Hall–Kier alpha value is -2.92. The predicted octanol–water partition coefficient (Wildman–Crippen LogP) is 3.77. The number of carbonyl (C=O) groups is 2. The van der Waals surface area contributed by atoms with Gasteiger partial charge in [0.15, 0.2) is 22.2 Å². The topological polar surface area (TPSA) is 102 Å². The van der Waals surface area contributed by atoms with Crippen molar-refractivity contribution in [2.24, 2.45) is 7.05 Å². The minimum absolute atomic E-state index is 0.133. The van der Waals surface area contributed by atoms with E-state index >= 15 is 0 Å². The lowest BCUT2D eigenvalue weighted by Gasteiger charge is -2.16. The molecule has 0 fully saturated rings. The minimum atomic E-state index is -0.307. The highest BCUT2D eigenvalue weighted by Crippen LogP contribution is 2.27. The van der Waals surface area contributed by atoms with E-state index in [0.29, 0.717) is 26.7 Å². The first kappa shape index (κ1) is 24.7. The summed E-state index contributed by atoms with van der Waals surface area (Å²) in [6.07, 6.45) is -0.307. The van der Waals surface area contributed by atoms with Crippen molar-refractivity contribution in [3.8, 4) is 5.75 Å². The first-order valence-electron chi connectivity index (χ1n) is 10.3. The first-order chi connectivity index (χ1) is 15.6. The van der Waals surface area contributed by atoms with Gasteiger partial charge in [0.2, 0.25) is 5.91 Å². The molecule has 2 amide bonds. The summed E-state index contributed by atoms with van der Waals surface area (Å²) in [6, 6.07) is 6.03. The summed E-state index contributed by atoms with van der Waals surface area (Å²) in [7, 11) is 5.21. The second-order valence-electron chi connectivity index (χ2n) is 7.90. The van der Waals surface area contributed by atoms with E-state index in [0.717, 1.165) is 11.3 Å². The van der Waals surface area contributed by atoms with Crippen LogP contribution >= 0.6 is 23.1 Å². The van der Waals surface area contributed by atoms with Crippen molar-refractivity contribution in [3.63, 3.8) is 0 Å². The molecule has 0 bridgehead atoms. The van der Waals surface area contributed by atoms with E-state index in [2.05, 4.69) is 26.6 Å². The number of thiazole rings is 1. The number of benzene rings is 1. The first-order valence-corrected chi connectivity index (χ1v) is 12.1. The van der Waals surface area contributed by atoms with Gasteiger partial charge in [-0.05, 0) is 39.3 Å². The molecule has 0 aliphatic rings. The van der Waals surface area contributed by atoms with Gasteiger partial charge in [-0.25, -0.2) is 4.98 Å². The molecule has 0 aliphatic heterocycles. The SMILES string of the molecule is Cc1ccc(OC(C)c2nnc(SCC(=O)Nc3nc(C)c(C(=O)N(C)C)s3)n2C)c(C)c1. The molecule has 1 N–H and O–H groups in total. The number of rotatable bonds is 8. The van der Waals surface area contributed by atoms with Gasteiger partial charge in [0.05, 0.1) is 11.4 Å². The number of hydrogen-bond donors (Lipinski definition) is 1. The molecule has 2 heterocycles. The monoisotopic (exact) mass is 488 g/mol. The highest BCUT2D eigenvalue weighted by atomic mass is 32.2. The van der Waals surface area contributed by atoms with E-state index in [4.69, 9.17) is 4.74 Å². The van der Waals surface area contributed by atoms with Gasteiger partial charge in [0.25, 0.3) is 5.91 Å². The summed E-state index contributed by atoms with van der Waals surface area (Å²) in [5.74, 6) is 1.23. The summed E-state index contributed by atoms with van der Waals surface area (Å²) in [5, 5.41) is 12.2. The van der Waals surface area contributed by atoms with Crippen LogP contribution in [-0.2, 0) is 11.8 Å². The highest BCUT2D eigenvalue weighted by molar-refractivity contribution is 7.99. The zero-order chi connectivity index (χ0) is 24.3. The van der Waals surface area contributed by atoms with E-state index in [1.165, 1.54) is 33.6 Å². The molecule has 1 unspecified atom stereocenters. The third kappa shape index (κ3) is 5.91. The molecule has 33 heavy (non-hydrogen) atoms. The highest BCUT2D eigenvalue weighted by Gasteiger charge is 2.20. The van der Waals surface area contributed by atoms with Crippen LogP contribution in [0.4, 0.5) is 5.13 Å². The predicted molar refractivity (Wildman–Crippen MR) is 130 cm³/mol. The van der Waals surface area contributed by atoms with Gasteiger partial charge in [-0.2, -0.15) is 0 Å². The van der Waals surface area contributed by atoms with E-state index in [-0.39, 0.29) is 23.7 Å². The van der Waals surface area contributed by atoms with Gasteiger partial charge < -0.3 is 19.5 Å². The largest absolute Gasteiger partial charge is 0.482 e. The average Bonchev–Trinajstić information content (AvgIpc) is 3.29. The molecule has 2 aromatic heterocycles. The molecule has 3 aromatic rings. The molecule has 0 spiro atoms. The molecule has 176 valence electrons. The molecule has 0 aliphatic carbocycles. The molecule has 1 aromatic carbocycles. The van der Waals surface area contributed by atoms with Crippen LogP contribution < -0.4 is 10.1 Å². The van der Waals surface area contributed by atoms with Crippen molar-refractivity contribution in [3.05, 3.63) is 45.7 Å².